The van der Waals surface area contributed by atoms with Gasteiger partial charge in [0.2, 0.25) is 5.91 Å². The molecule has 9 heteroatoms. The molecule has 33 heavy (non-hydrogen) atoms. The van der Waals surface area contributed by atoms with Crippen LogP contribution in [-0.2, 0) is 24.7 Å². The molecular formula is C24H30N4O3S2. The summed E-state index contributed by atoms with van der Waals surface area (Å²) in [5, 5.41) is 12.1. The van der Waals surface area contributed by atoms with E-state index in [1.807, 2.05) is 29.9 Å². The zero-order valence-electron chi connectivity index (χ0n) is 19.7. The lowest BCUT2D eigenvalue weighted by Gasteiger charge is -2.19. The SMILES string of the molecule is CCC1CCc2sc(-c3nnc(SC(C)C(=O)Nc4ccc(OC)c(OC)c4)n3C)cc2C1. The molecule has 0 bridgehead atoms. The van der Waals surface area contributed by atoms with Gasteiger partial charge in [0.05, 0.1) is 24.3 Å². The number of anilines is 1. The van der Waals surface area contributed by atoms with E-state index in [1.54, 1.807) is 32.4 Å². The summed E-state index contributed by atoms with van der Waals surface area (Å²) < 4.78 is 12.6. The number of hydrogen-bond acceptors (Lipinski definition) is 7. The second-order valence-corrected chi connectivity index (χ2v) is 10.7. The van der Waals surface area contributed by atoms with Crippen LogP contribution in [0.15, 0.2) is 29.4 Å². The quantitative estimate of drug-likeness (QED) is 0.441. The fourth-order valence-corrected chi connectivity index (χ4v) is 6.10. The van der Waals surface area contributed by atoms with Crippen LogP contribution in [0.3, 0.4) is 0 Å². The van der Waals surface area contributed by atoms with Crippen molar-refractivity contribution in [3.05, 3.63) is 34.7 Å². The van der Waals surface area contributed by atoms with Crippen molar-refractivity contribution in [1.29, 1.82) is 0 Å². The number of nitrogens with one attached hydrogen (secondary N) is 1. The number of carbonyl (C=O) groups is 1. The first-order chi connectivity index (χ1) is 15.9. The summed E-state index contributed by atoms with van der Waals surface area (Å²) in [6.07, 6.45) is 4.83. The maximum absolute atomic E-state index is 12.8. The van der Waals surface area contributed by atoms with Gasteiger partial charge in [0.15, 0.2) is 22.5 Å². The van der Waals surface area contributed by atoms with E-state index in [1.165, 1.54) is 35.0 Å². The highest BCUT2D eigenvalue weighted by Gasteiger charge is 2.24. The van der Waals surface area contributed by atoms with Crippen molar-refractivity contribution in [2.45, 2.75) is 49.9 Å². The van der Waals surface area contributed by atoms with Gasteiger partial charge in [-0.25, -0.2) is 0 Å². The molecule has 2 atom stereocenters. The van der Waals surface area contributed by atoms with Gasteiger partial charge in [0, 0.05) is 23.7 Å². The molecule has 0 saturated carbocycles. The van der Waals surface area contributed by atoms with E-state index in [9.17, 15) is 4.79 Å². The highest BCUT2D eigenvalue weighted by atomic mass is 32.2. The molecular weight excluding hydrogens is 456 g/mol. The van der Waals surface area contributed by atoms with Gasteiger partial charge in [-0.15, -0.1) is 21.5 Å². The standard InChI is InChI=1S/C24H30N4O3S2/c1-6-15-7-10-20-16(11-15)12-21(33-20)22-26-27-24(28(22)3)32-14(2)23(29)25-17-8-9-18(30-4)19(13-17)31-5/h8-9,12-15H,6-7,10-11H2,1-5H3,(H,25,29). The van der Waals surface area contributed by atoms with E-state index in [-0.39, 0.29) is 11.2 Å². The van der Waals surface area contributed by atoms with Crippen molar-refractivity contribution in [2.24, 2.45) is 13.0 Å². The predicted molar refractivity (Wildman–Crippen MR) is 134 cm³/mol. The molecule has 2 unspecified atom stereocenters. The van der Waals surface area contributed by atoms with E-state index in [0.717, 1.165) is 34.6 Å². The maximum atomic E-state index is 12.8. The third-order valence-corrected chi connectivity index (χ3v) is 8.49. The van der Waals surface area contributed by atoms with Crippen molar-refractivity contribution >= 4 is 34.7 Å². The van der Waals surface area contributed by atoms with Crippen LogP contribution in [0, 0.1) is 5.92 Å². The molecule has 1 N–H and O–H groups in total. The molecule has 4 rings (SSSR count). The second kappa shape index (κ2) is 10.2. The summed E-state index contributed by atoms with van der Waals surface area (Å²) in [6.45, 7) is 4.14. The zero-order valence-corrected chi connectivity index (χ0v) is 21.3. The van der Waals surface area contributed by atoms with E-state index in [2.05, 4.69) is 28.5 Å². The highest BCUT2D eigenvalue weighted by molar-refractivity contribution is 8.00. The number of nitrogens with zero attached hydrogens (tertiary/aromatic N) is 3. The monoisotopic (exact) mass is 486 g/mol. The number of fused-ring (bicyclic) bond motifs is 1. The molecule has 1 amide bonds. The Balaban J connectivity index is 1.44. The molecule has 7 nitrogen and oxygen atoms in total. The Morgan fingerprint density at radius 3 is 2.79 bits per heavy atom. The number of aromatic nitrogens is 3. The number of ether oxygens (including phenoxy) is 2. The average molecular weight is 487 g/mol. The van der Waals surface area contributed by atoms with Crippen LogP contribution in [0.5, 0.6) is 11.5 Å². The minimum Gasteiger partial charge on any atom is -0.493 e. The molecule has 0 aliphatic heterocycles. The number of carbonyl (C=O) groups excluding carboxylic acids is 1. The Hall–Kier alpha value is -2.52. The van der Waals surface area contributed by atoms with Crippen LogP contribution in [0.4, 0.5) is 5.69 Å². The highest BCUT2D eigenvalue weighted by Crippen LogP contribution is 2.38. The topological polar surface area (TPSA) is 78.3 Å². The Morgan fingerprint density at radius 2 is 2.06 bits per heavy atom. The Kier molecular flexibility index (Phi) is 7.29. The summed E-state index contributed by atoms with van der Waals surface area (Å²) in [4.78, 5) is 15.4. The molecule has 1 aliphatic carbocycles. The van der Waals surface area contributed by atoms with E-state index in [4.69, 9.17) is 9.47 Å². The molecule has 2 aromatic heterocycles. The summed E-state index contributed by atoms with van der Waals surface area (Å²) in [5.74, 6) is 2.71. The summed E-state index contributed by atoms with van der Waals surface area (Å²) in [6, 6.07) is 7.59. The molecule has 1 aromatic carbocycles. The molecule has 0 fully saturated rings. The molecule has 1 aliphatic rings. The lowest BCUT2D eigenvalue weighted by molar-refractivity contribution is -0.115. The van der Waals surface area contributed by atoms with Gasteiger partial charge < -0.3 is 19.4 Å². The number of aryl methyl sites for hydroxylation is 1. The van der Waals surface area contributed by atoms with Crippen LogP contribution in [0.25, 0.3) is 10.7 Å². The summed E-state index contributed by atoms with van der Waals surface area (Å²) in [5.41, 5.74) is 2.12. The van der Waals surface area contributed by atoms with Crippen molar-refractivity contribution < 1.29 is 14.3 Å². The smallest absolute Gasteiger partial charge is 0.237 e. The third-order valence-electron chi connectivity index (χ3n) is 6.12. The van der Waals surface area contributed by atoms with Gasteiger partial charge in [-0.3, -0.25) is 4.79 Å². The van der Waals surface area contributed by atoms with Gasteiger partial charge >= 0.3 is 0 Å². The van der Waals surface area contributed by atoms with Crippen molar-refractivity contribution in [1.82, 2.24) is 14.8 Å². The Labute approximate surface area is 202 Å². The number of hydrogen-bond donors (Lipinski definition) is 1. The van der Waals surface area contributed by atoms with E-state index < -0.39 is 0 Å². The number of amides is 1. The number of thiophene rings is 1. The third kappa shape index (κ3) is 5.04. The normalized spacial score (nSPS) is 16.2. The largest absolute Gasteiger partial charge is 0.493 e. The number of rotatable bonds is 8. The minimum atomic E-state index is -0.351. The number of thioether (sulfide) groups is 1. The zero-order chi connectivity index (χ0) is 23.5. The summed E-state index contributed by atoms with van der Waals surface area (Å²) in [7, 11) is 5.11. The fraction of sp³-hybridized carbons (Fsp3) is 0.458. The molecule has 2 heterocycles. The lowest BCUT2D eigenvalue weighted by atomic mass is 9.87. The number of methoxy groups -OCH3 is 2. The first-order valence-corrected chi connectivity index (χ1v) is 12.8. The Morgan fingerprint density at radius 1 is 1.27 bits per heavy atom. The number of benzene rings is 1. The molecule has 176 valence electrons. The van der Waals surface area contributed by atoms with Gasteiger partial charge in [-0.2, -0.15) is 0 Å². The van der Waals surface area contributed by atoms with E-state index >= 15 is 0 Å². The first kappa shape index (κ1) is 23.6. The van der Waals surface area contributed by atoms with Crippen LogP contribution < -0.4 is 14.8 Å². The van der Waals surface area contributed by atoms with Gasteiger partial charge in [-0.05, 0) is 55.9 Å². The van der Waals surface area contributed by atoms with Crippen molar-refractivity contribution in [2.75, 3.05) is 19.5 Å². The van der Waals surface area contributed by atoms with Crippen LogP contribution >= 0.6 is 23.1 Å². The van der Waals surface area contributed by atoms with E-state index in [0.29, 0.717) is 17.2 Å². The maximum Gasteiger partial charge on any atom is 0.237 e. The lowest BCUT2D eigenvalue weighted by Crippen LogP contribution is -2.22. The van der Waals surface area contributed by atoms with Gasteiger partial charge in [0.25, 0.3) is 0 Å². The Bertz CT molecular complexity index is 1140. The fourth-order valence-electron chi connectivity index (χ4n) is 4.06. The van der Waals surface area contributed by atoms with Crippen molar-refractivity contribution in [3.63, 3.8) is 0 Å². The van der Waals surface area contributed by atoms with Crippen LogP contribution in [0.1, 0.15) is 37.1 Å². The van der Waals surface area contributed by atoms with Crippen LogP contribution in [-0.4, -0.2) is 40.1 Å². The van der Waals surface area contributed by atoms with Gasteiger partial charge in [0.1, 0.15) is 0 Å². The van der Waals surface area contributed by atoms with Crippen molar-refractivity contribution in [3.8, 4) is 22.2 Å². The second-order valence-electron chi connectivity index (χ2n) is 8.26. The molecule has 0 spiro atoms. The molecule has 3 aromatic rings. The predicted octanol–water partition coefficient (Wildman–Crippen LogP) is 5.20. The summed E-state index contributed by atoms with van der Waals surface area (Å²) >= 11 is 3.22. The molecule has 0 radical (unpaired) electrons. The molecule has 0 saturated heterocycles. The first-order valence-electron chi connectivity index (χ1n) is 11.1. The minimum absolute atomic E-state index is 0.117. The van der Waals surface area contributed by atoms with Crippen LogP contribution in [0.2, 0.25) is 0 Å². The average Bonchev–Trinajstić information content (AvgIpc) is 3.41. The van der Waals surface area contributed by atoms with Gasteiger partial charge in [-0.1, -0.05) is 25.1 Å².